The Morgan fingerprint density at radius 2 is 2.24 bits per heavy atom. The maximum Gasteiger partial charge on any atom is 0.129 e. The quantitative estimate of drug-likeness (QED) is 0.748. The summed E-state index contributed by atoms with van der Waals surface area (Å²) < 4.78 is 10.6. The molecule has 2 heterocycles. The Labute approximate surface area is 129 Å². The zero-order chi connectivity index (χ0) is 15.1. The van der Waals surface area contributed by atoms with Crippen molar-refractivity contribution < 1.29 is 14.3 Å². The lowest BCUT2D eigenvalue weighted by atomic mass is 10.2. The fourth-order valence-corrected chi connectivity index (χ4v) is 3.07. The first-order valence-corrected chi connectivity index (χ1v) is 8.02. The zero-order valence-corrected chi connectivity index (χ0v) is 13.4. The zero-order valence-electron chi connectivity index (χ0n) is 12.5. The molecule has 116 valence electrons. The number of hydrogen-bond acceptors (Lipinski definition) is 5. The highest BCUT2D eigenvalue weighted by atomic mass is 32.1. The van der Waals surface area contributed by atoms with Crippen LogP contribution in [0.15, 0.2) is 34.9 Å². The smallest absolute Gasteiger partial charge is 0.129 e. The maximum atomic E-state index is 9.88. The first-order chi connectivity index (χ1) is 10.1. The van der Waals surface area contributed by atoms with Crippen LogP contribution in [0.5, 0.6) is 0 Å². The van der Waals surface area contributed by atoms with Crippen molar-refractivity contribution in [3.63, 3.8) is 0 Å². The van der Waals surface area contributed by atoms with Gasteiger partial charge in [0.25, 0.3) is 0 Å². The molecule has 0 spiro atoms. The highest BCUT2D eigenvalue weighted by molar-refractivity contribution is 7.11. The van der Waals surface area contributed by atoms with Crippen molar-refractivity contribution in [1.82, 2.24) is 5.32 Å². The summed E-state index contributed by atoms with van der Waals surface area (Å²) >= 11 is 1.83. The molecule has 21 heavy (non-hydrogen) atoms. The van der Waals surface area contributed by atoms with Crippen molar-refractivity contribution in [2.45, 2.75) is 39.0 Å². The molecule has 0 radical (unpaired) electrons. The van der Waals surface area contributed by atoms with E-state index in [1.807, 2.05) is 23.5 Å². The number of rotatable bonds is 9. The molecule has 2 rings (SSSR count). The third kappa shape index (κ3) is 6.01. The van der Waals surface area contributed by atoms with Crippen LogP contribution in [0.1, 0.15) is 22.4 Å². The molecule has 0 aliphatic heterocycles. The third-order valence-corrected chi connectivity index (χ3v) is 4.16. The van der Waals surface area contributed by atoms with Gasteiger partial charge in [0.15, 0.2) is 0 Å². The first kappa shape index (κ1) is 16.2. The van der Waals surface area contributed by atoms with Crippen molar-refractivity contribution in [1.29, 1.82) is 0 Å². The standard InChI is InChI=1S/C16H23NO3S/c1-12(8-16-6-5-13(2)21-16)17-9-14(18)10-19-11-15-4-3-7-20-15/h3-7,12,14,17-18H,8-11H2,1-2H3. The average Bonchev–Trinajstić information content (AvgIpc) is 3.08. The molecule has 0 aliphatic carbocycles. The van der Waals surface area contributed by atoms with Gasteiger partial charge in [-0.2, -0.15) is 0 Å². The minimum Gasteiger partial charge on any atom is -0.467 e. The Balaban J connectivity index is 1.58. The fraction of sp³-hybridized carbons (Fsp3) is 0.500. The molecular weight excluding hydrogens is 286 g/mol. The number of aryl methyl sites for hydroxylation is 1. The average molecular weight is 309 g/mol. The minimum atomic E-state index is -0.507. The summed E-state index contributed by atoms with van der Waals surface area (Å²) in [6.45, 7) is 5.48. The van der Waals surface area contributed by atoms with E-state index in [-0.39, 0.29) is 0 Å². The van der Waals surface area contributed by atoms with Crippen molar-refractivity contribution in [2.75, 3.05) is 13.2 Å². The van der Waals surface area contributed by atoms with Crippen LogP contribution in [0.3, 0.4) is 0 Å². The van der Waals surface area contributed by atoms with Gasteiger partial charge < -0.3 is 19.6 Å². The lowest BCUT2D eigenvalue weighted by molar-refractivity contribution is 0.0217. The molecule has 0 saturated heterocycles. The van der Waals surface area contributed by atoms with Crippen LogP contribution < -0.4 is 5.32 Å². The largest absolute Gasteiger partial charge is 0.467 e. The number of aliphatic hydroxyl groups excluding tert-OH is 1. The Morgan fingerprint density at radius 3 is 2.90 bits per heavy atom. The Morgan fingerprint density at radius 1 is 1.38 bits per heavy atom. The van der Waals surface area contributed by atoms with E-state index in [2.05, 4.69) is 31.3 Å². The van der Waals surface area contributed by atoms with Crippen LogP contribution in [0.2, 0.25) is 0 Å². The number of aliphatic hydroxyl groups is 1. The van der Waals surface area contributed by atoms with Crippen molar-refractivity contribution in [2.24, 2.45) is 0 Å². The van der Waals surface area contributed by atoms with Crippen LogP contribution in [0.25, 0.3) is 0 Å². The van der Waals surface area contributed by atoms with E-state index < -0.39 is 6.10 Å². The van der Waals surface area contributed by atoms with Gasteiger partial charge in [0.05, 0.1) is 19.0 Å². The molecule has 0 saturated carbocycles. The van der Waals surface area contributed by atoms with Gasteiger partial charge in [-0.05, 0) is 44.5 Å². The van der Waals surface area contributed by atoms with Gasteiger partial charge in [0.2, 0.25) is 0 Å². The topological polar surface area (TPSA) is 54.6 Å². The number of thiophene rings is 1. The van der Waals surface area contributed by atoms with Gasteiger partial charge >= 0.3 is 0 Å². The van der Waals surface area contributed by atoms with Crippen LogP contribution in [-0.4, -0.2) is 30.4 Å². The third-order valence-electron chi connectivity index (χ3n) is 3.14. The minimum absolute atomic E-state index is 0.304. The van der Waals surface area contributed by atoms with E-state index in [1.165, 1.54) is 9.75 Å². The molecule has 2 aromatic rings. The van der Waals surface area contributed by atoms with Gasteiger partial charge in [0, 0.05) is 22.3 Å². The van der Waals surface area contributed by atoms with Crippen LogP contribution in [0.4, 0.5) is 0 Å². The number of nitrogens with one attached hydrogen (secondary N) is 1. The van der Waals surface area contributed by atoms with E-state index in [4.69, 9.17) is 9.15 Å². The second-order valence-corrected chi connectivity index (χ2v) is 6.65. The Hall–Kier alpha value is -1.14. The number of hydrogen-bond donors (Lipinski definition) is 2. The summed E-state index contributed by atoms with van der Waals surface area (Å²) in [5.41, 5.74) is 0. The monoisotopic (exact) mass is 309 g/mol. The molecule has 4 nitrogen and oxygen atoms in total. The van der Waals surface area contributed by atoms with E-state index in [9.17, 15) is 5.11 Å². The Kier molecular flexibility index (Phi) is 6.45. The Bertz CT molecular complexity index is 509. The predicted molar refractivity (Wildman–Crippen MR) is 84.6 cm³/mol. The van der Waals surface area contributed by atoms with Gasteiger partial charge in [-0.25, -0.2) is 0 Å². The van der Waals surface area contributed by atoms with Crippen molar-refractivity contribution in [3.8, 4) is 0 Å². The molecular formula is C16H23NO3S. The summed E-state index contributed by atoms with van der Waals surface area (Å²) in [5, 5.41) is 13.2. The van der Waals surface area contributed by atoms with E-state index in [1.54, 1.807) is 6.26 Å². The highest BCUT2D eigenvalue weighted by Gasteiger charge is 2.09. The normalized spacial score (nSPS) is 14.2. The molecule has 0 fully saturated rings. The van der Waals surface area contributed by atoms with Gasteiger partial charge in [-0.15, -0.1) is 11.3 Å². The van der Waals surface area contributed by atoms with E-state index >= 15 is 0 Å². The molecule has 0 bridgehead atoms. The maximum absolute atomic E-state index is 9.88. The SMILES string of the molecule is Cc1ccc(CC(C)NCC(O)COCc2ccco2)s1. The van der Waals surface area contributed by atoms with Crippen molar-refractivity contribution in [3.05, 3.63) is 46.0 Å². The molecule has 0 amide bonds. The highest BCUT2D eigenvalue weighted by Crippen LogP contribution is 2.16. The lowest BCUT2D eigenvalue weighted by Crippen LogP contribution is -2.36. The molecule has 0 aromatic carbocycles. The van der Waals surface area contributed by atoms with Crippen LogP contribution >= 0.6 is 11.3 Å². The summed E-state index contributed by atoms with van der Waals surface area (Å²) in [5.74, 6) is 0.775. The van der Waals surface area contributed by atoms with Crippen LogP contribution in [0, 0.1) is 6.92 Å². The van der Waals surface area contributed by atoms with Gasteiger partial charge in [-0.1, -0.05) is 0 Å². The molecule has 5 heteroatoms. The van der Waals surface area contributed by atoms with E-state index in [0.717, 1.165) is 12.2 Å². The van der Waals surface area contributed by atoms with E-state index in [0.29, 0.717) is 25.8 Å². The van der Waals surface area contributed by atoms with Crippen LogP contribution in [-0.2, 0) is 17.8 Å². The molecule has 0 aliphatic rings. The second-order valence-electron chi connectivity index (χ2n) is 5.27. The lowest BCUT2D eigenvalue weighted by Gasteiger charge is -2.16. The first-order valence-electron chi connectivity index (χ1n) is 7.20. The molecule has 2 atom stereocenters. The van der Waals surface area contributed by atoms with Gasteiger partial charge in [-0.3, -0.25) is 0 Å². The number of furan rings is 1. The summed E-state index contributed by atoms with van der Waals surface area (Å²) in [6.07, 6.45) is 2.09. The van der Waals surface area contributed by atoms with Crippen molar-refractivity contribution >= 4 is 11.3 Å². The molecule has 2 unspecified atom stereocenters. The number of ether oxygens (including phenoxy) is 1. The molecule has 2 N–H and O–H groups in total. The molecule has 2 aromatic heterocycles. The predicted octanol–water partition coefficient (Wildman–Crippen LogP) is 2.75. The van der Waals surface area contributed by atoms with Gasteiger partial charge in [0.1, 0.15) is 12.4 Å². The summed E-state index contributed by atoms with van der Waals surface area (Å²) in [4.78, 5) is 2.71. The fourth-order valence-electron chi connectivity index (χ4n) is 2.06. The summed E-state index contributed by atoms with van der Waals surface area (Å²) in [7, 11) is 0. The second kappa shape index (κ2) is 8.34. The summed E-state index contributed by atoms with van der Waals surface area (Å²) in [6, 6.07) is 8.33.